The smallest absolute Gasteiger partial charge is 0.0410 e. The molecule has 0 radical (unpaired) electrons. The predicted molar refractivity (Wildman–Crippen MR) is 181 cm³/mol. The Morgan fingerprint density at radius 1 is 0.791 bits per heavy atom. The molecule has 1 aliphatic carbocycles. The minimum absolute atomic E-state index is 0. The van der Waals surface area contributed by atoms with E-state index in [4.69, 9.17) is 33.5 Å². The molecule has 1 saturated carbocycles. The third kappa shape index (κ3) is 8.83. The van der Waals surface area contributed by atoms with Gasteiger partial charge in [-0.3, -0.25) is 0 Å². The molecular weight excluding hydrogens is 734 g/mol. The summed E-state index contributed by atoms with van der Waals surface area (Å²) in [5, 5.41) is 7.07. The van der Waals surface area contributed by atoms with Gasteiger partial charge in [-0.2, -0.15) is 6.92 Å². The van der Waals surface area contributed by atoms with Gasteiger partial charge in [0.25, 0.3) is 0 Å². The van der Waals surface area contributed by atoms with Gasteiger partial charge in [0.15, 0.2) is 0 Å². The minimum Gasteiger partial charge on any atom is -0.673 e. The maximum Gasteiger partial charge on any atom is 0.0410 e. The molecule has 5 rings (SSSR count). The zero-order valence-electron chi connectivity index (χ0n) is 26.1. The van der Waals surface area contributed by atoms with Crippen LogP contribution in [0, 0.1) is 13.0 Å². The van der Waals surface area contributed by atoms with Crippen molar-refractivity contribution in [1.29, 1.82) is 0 Å². The molecule has 0 saturated heterocycles. The molecular formula is C38H43Cl2HfN2-3. The Hall–Kier alpha value is -1.94. The summed E-state index contributed by atoms with van der Waals surface area (Å²) in [7, 11) is 0. The van der Waals surface area contributed by atoms with Crippen molar-refractivity contribution < 1.29 is 25.8 Å². The van der Waals surface area contributed by atoms with Crippen LogP contribution >= 0.6 is 23.2 Å². The second-order valence-electron chi connectivity index (χ2n) is 11.6. The van der Waals surface area contributed by atoms with Crippen molar-refractivity contribution in [2.75, 3.05) is 0 Å². The van der Waals surface area contributed by atoms with Gasteiger partial charge in [-0.05, 0) is 71.1 Å². The summed E-state index contributed by atoms with van der Waals surface area (Å²) in [5.74, 6) is 1.12. The molecule has 0 spiro atoms. The summed E-state index contributed by atoms with van der Waals surface area (Å²) in [5.41, 5.74) is 8.78. The van der Waals surface area contributed by atoms with E-state index < -0.39 is 0 Å². The van der Waals surface area contributed by atoms with Gasteiger partial charge in [0.2, 0.25) is 0 Å². The number of benzene rings is 3. The summed E-state index contributed by atoms with van der Waals surface area (Å²) in [4.78, 5) is 5.20. The molecule has 1 atom stereocenters. The van der Waals surface area contributed by atoms with Crippen LogP contribution in [0.25, 0.3) is 16.6 Å². The molecule has 1 aromatic heterocycles. The minimum atomic E-state index is -0.249. The summed E-state index contributed by atoms with van der Waals surface area (Å²) in [6.07, 6.45) is 6.35. The van der Waals surface area contributed by atoms with Gasteiger partial charge in [-0.1, -0.05) is 112 Å². The summed E-state index contributed by atoms with van der Waals surface area (Å²) < 4.78 is 0. The van der Waals surface area contributed by atoms with Crippen molar-refractivity contribution in [2.24, 2.45) is 0 Å². The monoisotopic (exact) mass is 777 g/mol. The van der Waals surface area contributed by atoms with Crippen molar-refractivity contribution in [3.05, 3.63) is 129 Å². The fourth-order valence-electron chi connectivity index (χ4n) is 5.96. The van der Waals surface area contributed by atoms with Gasteiger partial charge in [-0.25, -0.2) is 0 Å². The number of hydrogen-bond donors (Lipinski definition) is 0. The van der Waals surface area contributed by atoms with Crippen LogP contribution < -0.4 is 0 Å². The topological polar surface area (TPSA) is 27.0 Å². The first kappa shape index (κ1) is 35.5. The first-order chi connectivity index (χ1) is 20.3. The standard InChI is InChI=1S/C36H38Cl2N2.C2H5.Hf/c1-23(2)31-21-28(38)22-32(24(3)4)35(31)40-36(30-14-9-8-13-29(30)25-11-6-5-7-12-25)34-16-10-15-33(39-34)26-17-19-27(37)20-18-26;1-2;/h8-10,13-17,19-25,36H,5-7,11-12H2,1-4H3;1H2,2H3;/q-2;-1;. The van der Waals surface area contributed by atoms with E-state index in [9.17, 15) is 0 Å². The van der Waals surface area contributed by atoms with E-state index in [1.54, 1.807) is 13.0 Å². The zero-order chi connectivity index (χ0) is 30.2. The van der Waals surface area contributed by atoms with E-state index in [0.29, 0.717) is 10.9 Å². The van der Waals surface area contributed by atoms with Crippen molar-refractivity contribution in [1.82, 2.24) is 4.98 Å². The Balaban J connectivity index is 0.00000165. The van der Waals surface area contributed by atoms with Crippen LogP contribution in [0.2, 0.25) is 10.0 Å². The Kier molecular flexibility index (Phi) is 14.0. The maximum atomic E-state index is 6.64. The number of halogens is 2. The average molecular weight is 777 g/mol. The fraction of sp³-hybridized carbons (Fsp3) is 0.368. The van der Waals surface area contributed by atoms with Crippen LogP contribution in [-0.2, 0) is 25.8 Å². The third-order valence-corrected chi connectivity index (χ3v) is 8.53. The molecule has 226 valence electrons. The first-order valence-electron chi connectivity index (χ1n) is 15.3. The van der Waals surface area contributed by atoms with E-state index in [-0.39, 0.29) is 43.7 Å². The average Bonchev–Trinajstić information content (AvgIpc) is 3.02. The molecule has 0 aliphatic heterocycles. The van der Waals surface area contributed by atoms with Crippen LogP contribution in [0.15, 0.2) is 72.8 Å². The van der Waals surface area contributed by atoms with Crippen LogP contribution in [-0.4, -0.2) is 4.98 Å². The van der Waals surface area contributed by atoms with Gasteiger partial charge in [0.1, 0.15) is 0 Å². The van der Waals surface area contributed by atoms with Gasteiger partial charge < -0.3 is 17.2 Å². The molecule has 5 heteroatoms. The van der Waals surface area contributed by atoms with Crippen molar-refractivity contribution in [2.45, 2.75) is 90.5 Å². The molecule has 3 aromatic carbocycles. The Morgan fingerprint density at radius 2 is 1.44 bits per heavy atom. The molecule has 0 amide bonds. The van der Waals surface area contributed by atoms with Crippen LogP contribution in [0.4, 0.5) is 5.69 Å². The second kappa shape index (κ2) is 16.9. The molecule has 4 aromatic rings. The quantitative estimate of drug-likeness (QED) is 0.129. The molecule has 43 heavy (non-hydrogen) atoms. The Labute approximate surface area is 288 Å². The molecule has 1 heterocycles. The first-order valence-corrected chi connectivity index (χ1v) is 16.1. The largest absolute Gasteiger partial charge is 0.673 e. The van der Waals surface area contributed by atoms with Gasteiger partial charge in [0.05, 0.1) is 0 Å². The van der Waals surface area contributed by atoms with E-state index in [0.717, 1.165) is 27.7 Å². The summed E-state index contributed by atoms with van der Waals surface area (Å²) in [6.45, 7) is 13.9. The second-order valence-corrected chi connectivity index (χ2v) is 12.5. The van der Waals surface area contributed by atoms with E-state index in [1.165, 1.54) is 54.4 Å². The van der Waals surface area contributed by atoms with E-state index in [2.05, 4.69) is 89.2 Å². The molecule has 1 aliphatic rings. The number of pyridine rings is 1. The number of rotatable bonds is 8. The number of aromatic nitrogens is 1. The van der Waals surface area contributed by atoms with Crippen molar-refractivity contribution in [3.8, 4) is 11.3 Å². The van der Waals surface area contributed by atoms with Crippen LogP contribution in [0.5, 0.6) is 0 Å². The van der Waals surface area contributed by atoms with Gasteiger partial charge in [-0.15, -0.1) is 47.1 Å². The number of nitrogens with zero attached hydrogens (tertiary/aromatic N) is 2. The summed E-state index contributed by atoms with van der Waals surface area (Å²) >= 11 is 12.8. The third-order valence-electron chi connectivity index (χ3n) is 8.07. The Morgan fingerprint density at radius 3 is 2.05 bits per heavy atom. The molecule has 1 fully saturated rings. The van der Waals surface area contributed by atoms with Crippen molar-refractivity contribution >= 4 is 28.9 Å². The van der Waals surface area contributed by atoms with Crippen LogP contribution in [0.3, 0.4) is 0 Å². The zero-order valence-corrected chi connectivity index (χ0v) is 31.2. The maximum absolute atomic E-state index is 6.64. The number of hydrogen-bond acceptors (Lipinski definition) is 1. The SMILES string of the molecule is CC(C)c1cc(Cl)cc(C(C)C)c1[N-]C(c1cccc(-c2[c-]cc(Cl)cc2)n1)c1ccccc1C1CCCCC1.[CH2-]C.[Hf]. The predicted octanol–water partition coefficient (Wildman–Crippen LogP) is 12.8. The fourth-order valence-corrected chi connectivity index (χ4v) is 6.31. The van der Waals surface area contributed by atoms with E-state index >= 15 is 0 Å². The molecule has 0 N–H and O–H groups in total. The molecule has 1 unspecified atom stereocenters. The molecule has 0 bridgehead atoms. The normalized spacial score (nSPS) is 14.1. The van der Waals surface area contributed by atoms with Gasteiger partial charge >= 0.3 is 0 Å². The molecule has 2 nitrogen and oxygen atoms in total. The van der Waals surface area contributed by atoms with E-state index in [1.807, 2.05) is 18.2 Å². The Bertz CT molecular complexity index is 1410. The summed E-state index contributed by atoms with van der Waals surface area (Å²) in [6, 6.07) is 28.0. The van der Waals surface area contributed by atoms with Crippen molar-refractivity contribution in [3.63, 3.8) is 0 Å². The van der Waals surface area contributed by atoms with Crippen LogP contribution in [0.1, 0.15) is 118 Å². The van der Waals surface area contributed by atoms with Gasteiger partial charge in [0, 0.05) is 36.6 Å².